The number of benzene rings is 1. The maximum Gasteiger partial charge on any atom is 0.344 e. The zero-order valence-corrected chi connectivity index (χ0v) is 22.4. The van der Waals surface area contributed by atoms with Crippen LogP contribution in [0.3, 0.4) is 0 Å². The van der Waals surface area contributed by atoms with Crippen LogP contribution in [0.25, 0.3) is 0 Å². The van der Waals surface area contributed by atoms with Gasteiger partial charge in [-0.15, -0.1) is 5.10 Å². The molecule has 2 unspecified atom stereocenters. The Hall–Kier alpha value is -1.94. The van der Waals surface area contributed by atoms with E-state index in [1.165, 1.54) is 40.7 Å². The number of carbonyl (C=O) groups excluding carboxylic acids is 1. The second kappa shape index (κ2) is 10.1. The molecule has 0 bridgehead atoms. The Morgan fingerprint density at radius 1 is 1.17 bits per heavy atom. The van der Waals surface area contributed by atoms with E-state index in [-0.39, 0.29) is 11.6 Å². The van der Waals surface area contributed by atoms with Crippen molar-refractivity contribution in [3.05, 3.63) is 41.0 Å². The van der Waals surface area contributed by atoms with Gasteiger partial charge in [-0.2, -0.15) is 4.68 Å². The molecular formula is C26H35ClN6O2S. The van der Waals surface area contributed by atoms with Gasteiger partial charge >= 0.3 is 6.03 Å². The minimum atomic E-state index is -0.0351. The SMILES string of the molecule is CSNc1ccn(C(=O)N2CCC3(CCCN3Cc3ccc(Cl)cc3N3CC4COCC4C3)CC2)n1. The molecule has 36 heavy (non-hydrogen) atoms. The molecule has 4 aliphatic rings. The molecule has 1 aromatic heterocycles. The molecule has 0 saturated carbocycles. The molecule has 6 rings (SSSR count). The first-order valence-electron chi connectivity index (χ1n) is 13.0. The van der Waals surface area contributed by atoms with Gasteiger partial charge in [0.05, 0.1) is 13.2 Å². The Morgan fingerprint density at radius 3 is 2.69 bits per heavy atom. The van der Waals surface area contributed by atoms with Crippen LogP contribution in [0.4, 0.5) is 16.3 Å². The van der Waals surface area contributed by atoms with E-state index in [9.17, 15) is 4.79 Å². The summed E-state index contributed by atoms with van der Waals surface area (Å²) in [5.74, 6) is 1.98. The molecule has 2 atom stereocenters. The number of amides is 1. The number of aromatic nitrogens is 2. The first-order chi connectivity index (χ1) is 17.5. The summed E-state index contributed by atoms with van der Waals surface area (Å²) in [5, 5.41) is 5.18. The molecule has 4 saturated heterocycles. The molecule has 10 heteroatoms. The number of carbonyl (C=O) groups is 1. The largest absolute Gasteiger partial charge is 0.381 e. The van der Waals surface area contributed by atoms with Crippen molar-refractivity contribution in [2.45, 2.75) is 37.8 Å². The Labute approximate surface area is 222 Å². The molecule has 1 amide bonds. The van der Waals surface area contributed by atoms with Crippen molar-refractivity contribution in [2.24, 2.45) is 11.8 Å². The summed E-state index contributed by atoms with van der Waals surface area (Å²) >= 11 is 7.95. The van der Waals surface area contributed by atoms with E-state index in [4.69, 9.17) is 16.3 Å². The molecule has 5 heterocycles. The highest BCUT2D eigenvalue weighted by Crippen LogP contribution is 2.42. The predicted molar refractivity (Wildman–Crippen MR) is 145 cm³/mol. The number of piperidine rings is 1. The molecule has 194 valence electrons. The standard InChI is InChI=1S/C26H35ClN6O2S/c1-36-29-24-5-10-33(28-24)25(34)30-11-7-26(8-12-30)6-2-9-32(26)16-19-3-4-22(27)13-23(19)31-14-20-17-35-18-21(20)15-31/h3-5,10,13,20-21H,2,6-9,11-12,14-18H2,1H3,(H,28,29). The lowest BCUT2D eigenvalue weighted by atomic mass is 9.84. The maximum absolute atomic E-state index is 13.1. The Morgan fingerprint density at radius 2 is 1.94 bits per heavy atom. The lowest BCUT2D eigenvalue weighted by Crippen LogP contribution is -2.53. The van der Waals surface area contributed by atoms with Crippen molar-refractivity contribution in [1.82, 2.24) is 19.6 Å². The quantitative estimate of drug-likeness (QED) is 0.574. The van der Waals surface area contributed by atoms with Crippen LogP contribution < -0.4 is 9.62 Å². The van der Waals surface area contributed by atoms with Gasteiger partial charge in [0, 0.05) is 79.3 Å². The highest BCUT2D eigenvalue weighted by molar-refractivity contribution is 7.99. The predicted octanol–water partition coefficient (Wildman–Crippen LogP) is 4.41. The number of anilines is 2. The van der Waals surface area contributed by atoms with Crippen molar-refractivity contribution >= 4 is 41.1 Å². The van der Waals surface area contributed by atoms with Crippen LogP contribution in [0.5, 0.6) is 0 Å². The minimum absolute atomic E-state index is 0.0351. The fourth-order valence-electron chi connectivity index (χ4n) is 6.71. The molecule has 2 aromatic rings. The molecular weight excluding hydrogens is 496 g/mol. The Bertz CT molecular complexity index is 1090. The second-order valence-electron chi connectivity index (χ2n) is 10.7. The molecule has 4 aliphatic heterocycles. The van der Waals surface area contributed by atoms with Gasteiger partial charge in [-0.3, -0.25) is 4.90 Å². The molecule has 1 N–H and O–H groups in total. The van der Waals surface area contributed by atoms with E-state index in [2.05, 4.69) is 31.8 Å². The number of likely N-dealkylation sites (tertiary alicyclic amines) is 2. The highest BCUT2D eigenvalue weighted by atomic mass is 35.5. The van der Waals surface area contributed by atoms with Crippen molar-refractivity contribution in [3.63, 3.8) is 0 Å². The lowest BCUT2D eigenvalue weighted by molar-refractivity contribution is 0.0586. The maximum atomic E-state index is 13.1. The third-order valence-electron chi connectivity index (χ3n) is 8.69. The highest BCUT2D eigenvalue weighted by Gasteiger charge is 2.44. The number of hydrogen-bond acceptors (Lipinski definition) is 7. The summed E-state index contributed by atoms with van der Waals surface area (Å²) in [7, 11) is 0. The molecule has 8 nitrogen and oxygen atoms in total. The van der Waals surface area contributed by atoms with Gasteiger partial charge in [-0.1, -0.05) is 29.6 Å². The van der Waals surface area contributed by atoms with Crippen LogP contribution in [0.1, 0.15) is 31.2 Å². The summed E-state index contributed by atoms with van der Waals surface area (Å²) in [6.07, 6.45) is 8.11. The fraction of sp³-hybridized carbons (Fsp3) is 0.615. The molecule has 4 fully saturated rings. The van der Waals surface area contributed by atoms with Crippen LogP contribution >= 0.6 is 23.5 Å². The number of hydrogen-bond donors (Lipinski definition) is 1. The van der Waals surface area contributed by atoms with Gasteiger partial charge in [0.2, 0.25) is 0 Å². The monoisotopic (exact) mass is 530 g/mol. The fourth-order valence-corrected chi connectivity index (χ4v) is 7.19. The second-order valence-corrected chi connectivity index (χ2v) is 11.8. The van der Waals surface area contributed by atoms with E-state index in [1.807, 2.05) is 23.3 Å². The van der Waals surface area contributed by atoms with Gasteiger partial charge in [0.1, 0.15) is 0 Å². The lowest BCUT2D eigenvalue weighted by Gasteiger charge is -2.45. The Kier molecular flexibility index (Phi) is 6.83. The van der Waals surface area contributed by atoms with E-state index in [0.717, 1.165) is 70.3 Å². The van der Waals surface area contributed by atoms with Crippen LogP contribution in [-0.4, -0.2) is 83.3 Å². The van der Waals surface area contributed by atoms with Crippen LogP contribution in [-0.2, 0) is 11.3 Å². The van der Waals surface area contributed by atoms with Crippen molar-refractivity contribution in [3.8, 4) is 0 Å². The number of rotatable bonds is 5. The molecule has 0 radical (unpaired) electrons. The smallest absolute Gasteiger partial charge is 0.344 e. The number of fused-ring (bicyclic) bond motifs is 1. The van der Waals surface area contributed by atoms with Crippen LogP contribution in [0, 0.1) is 11.8 Å². The minimum Gasteiger partial charge on any atom is -0.381 e. The van der Waals surface area contributed by atoms with E-state index in [0.29, 0.717) is 17.7 Å². The molecule has 1 spiro atoms. The van der Waals surface area contributed by atoms with E-state index < -0.39 is 0 Å². The number of nitrogens with zero attached hydrogens (tertiary/aromatic N) is 5. The first kappa shape index (κ1) is 24.4. The van der Waals surface area contributed by atoms with Crippen LogP contribution in [0.2, 0.25) is 5.02 Å². The summed E-state index contributed by atoms with van der Waals surface area (Å²) < 4.78 is 10.2. The third-order valence-corrected chi connectivity index (χ3v) is 9.34. The van der Waals surface area contributed by atoms with Gasteiger partial charge in [0.25, 0.3) is 0 Å². The van der Waals surface area contributed by atoms with Gasteiger partial charge < -0.3 is 19.3 Å². The number of nitrogens with one attached hydrogen (secondary N) is 1. The van der Waals surface area contributed by atoms with Crippen molar-refractivity contribution < 1.29 is 9.53 Å². The third kappa shape index (κ3) is 4.59. The average Bonchev–Trinajstić information content (AvgIpc) is 3.66. The zero-order chi connectivity index (χ0) is 24.7. The molecule has 0 aliphatic carbocycles. The average molecular weight is 531 g/mol. The first-order valence-corrected chi connectivity index (χ1v) is 14.6. The number of halogens is 1. The molecule has 1 aromatic carbocycles. The summed E-state index contributed by atoms with van der Waals surface area (Å²) in [6, 6.07) is 8.22. The summed E-state index contributed by atoms with van der Waals surface area (Å²) in [6.45, 7) is 7.46. The number of ether oxygens (including phenoxy) is 1. The Balaban J connectivity index is 1.14. The van der Waals surface area contributed by atoms with Gasteiger partial charge in [-0.25, -0.2) is 4.79 Å². The topological polar surface area (TPSA) is 65.9 Å². The van der Waals surface area contributed by atoms with E-state index in [1.54, 1.807) is 6.20 Å². The zero-order valence-electron chi connectivity index (χ0n) is 20.9. The summed E-state index contributed by atoms with van der Waals surface area (Å²) in [5.41, 5.74) is 2.82. The van der Waals surface area contributed by atoms with Gasteiger partial charge in [-0.05, 0) is 49.9 Å². The normalized spacial score (nSPS) is 25.6. The van der Waals surface area contributed by atoms with Crippen LogP contribution in [0.15, 0.2) is 30.5 Å². The summed E-state index contributed by atoms with van der Waals surface area (Å²) in [4.78, 5) is 20.2. The van der Waals surface area contributed by atoms with E-state index >= 15 is 0 Å². The van der Waals surface area contributed by atoms with Gasteiger partial charge in [0.15, 0.2) is 5.82 Å². The van der Waals surface area contributed by atoms with Crippen molar-refractivity contribution in [1.29, 1.82) is 0 Å². The van der Waals surface area contributed by atoms with Crippen molar-refractivity contribution in [2.75, 3.05) is 61.8 Å².